The second-order valence-corrected chi connectivity index (χ2v) is 7.93. The summed E-state index contributed by atoms with van der Waals surface area (Å²) in [6.07, 6.45) is 1.12. The lowest BCUT2D eigenvalue weighted by molar-refractivity contribution is 0.476. The highest BCUT2D eigenvalue weighted by molar-refractivity contribution is 14.0. The van der Waals surface area contributed by atoms with Gasteiger partial charge >= 0.3 is 0 Å². The minimum Gasteiger partial charge on any atom is -0.357 e. The number of nitrogens with one attached hydrogen (secondary N) is 2. The van der Waals surface area contributed by atoms with E-state index in [1.54, 1.807) is 24.3 Å². The summed E-state index contributed by atoms with van der Waals surface area (Å²) in [5.74, 6) is 0.410. The van der Waals surface area contributed by atoms with Gasteiger partial charge in [-0.15, -0.1) is 24.0 Å². The van der Waals surface area contributed by atoms with Crippen LogP contribution in [0.15, 0.2) is 53.5 Å². The Bertz CT molecular complexity index is 889. The van der Waals surface area contributed by atoms with Crippen LogP contribution in [0.2, 0.25) is 0 Å². The molecule has 2 rings (SSSR count). The van der Waals surface area contributed by atoms with Crippen LogP contribution in [-0.4, -0.2) is 39.1 Å². The Hall–Kier alpha value is -1.88. The van der Waals surface area contributed by atoms with Gasteiger partial charge in [-0.3, -0.25) is 4.72 Å². The van der Waals surface area contributed by atoms with Crippen LogP contribution in [0.5, 0.6) is 0 Å². The number of hydrogen-bond acceptors (Lipinski definition) is 3. The zero-order valence-corrected chi connectivity index (χ0v) is 19.3. The van der Waals surface area contributed by atoms with Gasteiger partial charge in [0, 0.05) is 20.1 Å². The highest BCUT2D eigenvalue weighted by Crippen LogP contribution is 2.17. The van der Waals surface area contributed by atoms with E-state index in [0.717, 1.165) is 17.4 Å². The van der Waals surface area contributed by atoms with Crippen LogP contribution in [0, 0.1) is 5.82 Å². The lowest BCUT2D eigenvalue weighted by atomic mass is 10.2. The zero-order chi connectivity index (χ0) is 19.9. The number of sulfonamides is 1. The lowest BCUT2D eigenvalue weighted by Crippen LogP contribution is -2.38. The highest BCUT2D eigenvalue weighted by Gasteiger charge is 2.09. The van der Waals surface area contributed by atoms with Crippen molar-refractivity contribution in [2.75, 3.05) is 24.6 Å². The van der Waals surface area contributed by atoms with Gasteiger partial charge in [-0.05, 0) is 36.2 Å². The average molecular weight is 520 g/mol. The first-order valence-electron chi connectivity index (χ1n) is 8.58. The van der Waals surface area contributed by atoms with Gasteiger partial charge in [0.2, 0.25) is 10.0 Å². The maximum Gasteiger partial charge on any atom is 0.229 e. The molecule has 0 saturated heterocycles. The first-order valence-corrected chi connectivity index (χ1v) is 10.5. The van der Waals surface area contributed by atoms with Crippen molar-refractivity contribution in [2.24, 2.45) is 4.99 Å². The molecule has 2 aromatic carbocycles. The van der Waals surface area contributed by atoms with E-state index in [4.69, 9.17) is 0 Å². The molecule has 0 heterocycles. The van der Waals surface area contributed by atoms with E-state index in [-0.39, 0.29) is 29.8 Å². The zero-order valence-electron chi connectivity index (χ0n) is 16.1. The van der Waals surface area contributed by atoms with Crippen LogP contribution in [0.3, 0.4) is 0 Å². The van der Waals surface area contributed by atoms with Gasteiger partial charge in [-0.2, -0.15) is 0 Å². The number of aliphatic imine (C=N–C) groups is 1. The molecule has 0 amide bonds. The van der Waals surface area contributed by atoms with Gasteiger partial charge in [0.25, 0.3) is 0 Å². The summed E-state index contributed by atoms with van der Waals surface area (Å²) in [5, 5.41) is 3.22. The first-order chi connectivity index (χ1) is 12.8. The van der Waals surface area contributed by atoms with Gasteiger partial charge in [-0.25, -0.2) is 17.8 Å². The normalized spacial score (nSPS) is 11.5. The number of para-hydroxylation sites is 1. The molecule has 2 N–H and O–H groups in total. The molecular formula is C19H26FIN4O2S. The van der Waals surface area contributed by atoms with Gasteiger partial charge in [0.1, 0.15) is 5.82 Å². The largest absolute Gasteiger partial charge is 0.357 e. The molecule has 0 aromatic heterocycles. The SMILES string of the molecule is CCNC(=NCc1ccccc1NS(C)(=O)=O)N(C)Cc1ccc(F)cc1.I. The first kappa shape index (κ1) is 24.2. The molecular weight excluding hydrogens is 494 g/mol. The standard InChI is InChI=1S/C19H25FN4O2S.HI/c1-4-21-19(24(2)14-15-9-11-17(20)12-10-15)22-13-16-7-5-6-8-18(16)23-27(3,25)26;/h5-12,23H,4,13-14H2,1-3H3,(H,21,22);1H. The number of rotatable bonds is 7. The molecule has 0 bridgehead atoms. The Kier molecular flexibility index (Phi) is 9.66. The molecule has 0 spiro atoms. The molecule has 6 nitrogen and oxygen atoms in total. The number of anilines is 1. The molecule has 0 fully saturated rings. The van der Waals surface area contributed by atoms with Crippen LogP contribution < -0.4 is 10.0 Å². The van der Waals surface area contributed by atoms with Crippen molar-refractivity contribution in [1.29, 1.82) is 0 Å². The fourth-order valence-corrected chi connectivity index (χ4v) is 3.12. The summed E-state index contributed by atoms with van der Waals surface area (Å²) in [4.78, 5) is 6.54. The van der Waals surface area contributed by atoms with Gasteiger partial charge in [0.05, 0.1) is 18.5 Å². The van der Waals surface area contributed by atoms with Crippen molar-refractivity contribution >= 4 is 45.6 Å². The monoisotopic (exact) mass is 520 g/mol. The third kappa shape index (κ3) is 8.01. The molecule has 154 valence electrons. The second kappa shape index (κ2) is 11.2. The van der Waals surface area contributed by atoms with Gasteiger partial charge in [-0.1, -0.05) is 30.3 Å². The van der Waals surface area contributed by atoms with E-state index in [0.29, 0.717) is 31.3 Å². The number of halogens is 2. The van der Waals surface area contributed by atoms with E-state index in [1.165, 1.54) is 12.1 Å². The van der Waals surface area contributed by atoms with Crippen molar-refractivity contribution in [3.05, 3.63) is 65.5 Å². The quantitative estimate of drug-likeness (QED) is 0.334. The summed E-state index contributed by atoms with van der Waals surface area (Å²) < 4.78 is 38.7. The topological polar surface area (TPSA) is 73.8 Å². The van der Waals surface area contributed by atoms with Crippen molar-refractivity contribution < 1.29 is 12.8 Å². The van der Waals surface area contributed by atoms with E-state index >= 15 is 0 Å². The third-order valence-corrected chi connectivity index (χ3v) is 4.33. The van der Waals surface area contributed by atoms with Crippen molar-refractivity contribution in [3.63, 3.8) is 0 Å². The molecule has 0 aliphatic heterocycles. The molecule has 9 heteroatoms. The molecule has 0 aliphatic rings. The van der Waals surface area contributed by atoms with E-state index in [1.807, 2.05) is 31.0 Å². The van der Waals surface area contributed by atoms with Crippen LogP contribution in [0.25, 0.3) is 0 Å². The van der Waals surface area contributed by atoms with Crippen LogP contribution in [0.1, 0.15) is 18.1 Å². The number of nitrogens with zero attached hydrogens (tertiary/aromatic N) is 2. The maximum absolute atomic E-state index is 13.1. The number of hydrogen-bond donors (Lipinski definition) is 2. The average Bonchev–Trinajstić information content (AvgIpc) is 2.60. The fourth-order valence-electron chi connectivity index (χ4n) is 2.53. The second-order valence-electron chi connectivity index (χ2n) is 6.18. The van der Waals surface area contributed by atoms with E-state index in [2.05, 4.69) is 15.0 Å². The Balaban J connectivity index is 0.00000392. The van der Waals surface area contributed by atoms with Crippen LogP contribution in [-0.2, 0) is 23.1 Å². The van der Waals surface area contributed by atoms with E-state index in [9.17, 15) is 12.8 Å². The molecule has 0 saturated carbocycles. The molecule has 0 atom stereocenters. The summed E-state index contributed by atoms with van der Waals surface area (Å²) in [6, 6.07) is 13.5. The predicted octanol–water partition coefficient (Wildman–Crippen LogP) is 3.41. The lowest BCUT2D eigenvalue weighted by Gasteiger charge is -2.22. The van der Waals surface area contributed by atoms with Gasteiger partial charge in [0.15, 0.2) is 5.96 Å². The Labute approximate surface area is 183 Å². The minimum absolute atomic E-state index is 0. The van der Waals surface area contributed by atoms with Crippen molar-refractivity contribution in [3.8, 4) is 0 Å². The minimum atomic E-state index is -3.36. The number of guanidine groups is 1. The summed E-state index contributed by atoms with van der Waals surface area (Å²) in [5.41, 5.74) is 2.25. The van der Waals surface area contributed by atoms with Crippen molar-refractivity contribution in [1.82, 2.24) is 10.2 Å². The smallest absolute Gasteiger partial charge is 0.229 e. The fraction of sp³-hybridized carbons (Fsp3) is 0.316. The third-order valence-electron chi connectivity index (χ3n) is 3.74. The highest BCUT2D eigenvalue weighted by atomic mass is 127. The molecule has 28 heavy (non-hydrogen) atoms. The molecule has 0 aliphatic carbocycles. The van der Waals surface area contributed by atoms with Gasteiger partial charge < -0.3 is 10.2 Å². The Morgan fingerprint density at radius 3 is 2.39 bits per heavy atom. The summed E-state index contributed by atoms with van der Waals surface area (Å²) in [7, 11) is -1.47. The predicted molar refractivity (Wildman–Crippen MR) is 123 cm³/mol. The van der Waals surface area contributed by atoms with Crippen LogP contribution in [0.4, 0.5) is 10.1 Å². The summed E-state index contributed by atoms with van der Waals surface area (Å²) in [6.45, 7) is 3.54. The van der Waals surface area contributed by atoms with Crippen LogP contribution >= 0.6 is 24.0 Å². The van der Waals surface area contributed by atoms with Crippen molar-refractivity contribution in [2.45, 2.75) is 20.0 Å². The molecule has 0 unspecified atom stereocenters. The molecule has 2 aromatic rings. The Morgan fingerprint density at radius 2 is 1.79 bits per heavy atom. The number of benzene rings is 2. The molecule has 0 radical (unpaired) electrons. The van der Waals surface area contributed by atoms with E-state index < -0.39 is 10.0 Å². The Morgan fingerprint density at radius 1 is 1.14 bits per heavy atom. The maximum atomic E-state index is 13.1. The summed E-state index contributed by atoms with van der Waals surface area (Å²) >= 11 is 0.